The average molecular weight is 289 g/mol. The normalized spacial score (nSPS) is 10.8. The fraction of sp³-hybridized carbons (Fsp3) is 0.467. The van der Waals surface area contributed by atoms with Gasteiger partial charge >= 0.3 is 0 Å². The van der Waals surface area contributed by atoms with Gasteiger partial charge in [0.05, 0.1) is 12.3 Å². The van der Waals surface area contributed by atoms with Crippen molar-refractivity contribution in [1.82, 2.24) is 14.8 Å². The van der Waals surface area contributed by atoms with Gasteiger partial charge in [-0.2, -0.15) is 10.1 Å². The van der Waals surface area contributed by atoms with Gasteiger partial charge in [0.15, 0.2) is 0 Å². The van der Waals surface area contributed by atoms with E-state index >= 15 is 0 Å². The number of ether oxygens (including phenoxy) is 1. The molecule has 6 nitrogen and oxygen atoms in total. The van der Waals surface area contributed by atoms with E-state index < -0.39 is 0 Å². The molecule has 21 heavy (non-hydrogen) atoms. The largest absolute Gasteiger partial charge is 0.476 e. The van der Waals surface area contributed by atoms with E-state index in [9.17, 15) is 0 Å². The number of nitrogens with one attached hydrogen (secondary N) is 1. The van der Waals surface area contributed by atoms with Crippen LogP contribution in [0.2, 0.25) is 0 Å². The van der Waals surface area contributed by atoms with Gasteiger partial charge in [0.2, 0.25) is 5.88 Å². The molecule has 0 radical (unpaired) electrons. The molecule has 2 aromatic heterocycles. The van der Waals surface area contributed by atoms with Gasteiger partial charge in [-0.25, -0.2) is 0 Å². The van der Waals surface area contributed by atoms with Crippen molar-refractivity contribution >= 4 is 11.5 Å². The summed E-state index contributed by atoms with van der Waals surface area (Å²) in [6.07, 6.45) is 4.71. The molecule has 0 aromatic carbocycles. The lowest BCUT2D eigenvalue weighted by atomic mass is 10.2. The Balaban J connectivity index is 1.81. The van der Waals surface area contributed by atoms with Crippen molar-refractivity contribution in [1.29, 1.82) is 0 Å². The quantitative estimate of drug-likeness (QED) is 0.730. The number of nitrogen functional groups attached to an aromatic ring is 1. The summed E-state index contributed by atoms with van der Waals surface area (Å²) < 4.78 is 7.53. The highest BCUT2D eigenvalue weighted by molar-refractivity contribution is 5.53. The number of rotatable bonds is 8. The SMILES string of the molecule is CC(C)COc1nc(NCCCn2cccn2)ccc1N. The Labute approximate surface area is 125 Å². The van der Waals surface area contributed by atoms with Gasteiger partial charge in [-0.1, -0.05) is 13.8 Å². The van der Waals surface area contributed by atoms with E-state index in [0.29, 0.717) is 24.1 Å². The van der Waals surface area contributed by atoms with Crippen LogP contribution in [0.5, 0.6) is 5.88 Å². The molecule has 114 valence electrons. The average Bonchev–Trinajstić information content (AvgIpc) is 2.97. The summed E-state index contributed by atoms with van der Waals surface area (Å²) in [6.45, 7) is 6.49. The smallest absolute Gasteiger partial charge is 0.239 e. The lowest BCUT2D eigenvalue weighted by Crippen LogP contribution is -2.11. The van der Waals surface area contributed by atoms with E-state index in [1.807, 2.05) is 29.1 Å². The summed E-state index contributed by atoms with van der Waals surface area (Å²) in [5.41, 5.74) is 6.44. The topological polar surface area (TPSA) is 78.0 Å². The second-order valence-corrected chi connectivity index (χ2v) is 5.35. The summed E-state index contributed by atoms with van der Waals surface area (Å²) in [6, 6.07) is 5.61. The standard InChI is InChI=1S/C15H23N5O/c1-12(2)11-21-15-13(16)5-6-14(19-15)17-7-3-9-20-10-4-8-18-20/h4-6,8,10,12H,3,7,9,11,16H2,1-2H3,(H,17,19). The van der Waals surface area contributed by atoms with E-state index in [1.54, 1.807) is 6.20 Å². The van der Waals surface area contributed by atoms with Gasteiger partial charge in [0.25, 0.3) is 0 Å². The first-order valence-electron chi connectivity index (χ1n) is 7.26. The maximum Gasteiger partial charge on any atom is 0.239 e. The first-order chi connectivity index (χ1) is 10.1. The molecule has 0 saturated carbocycles. The van der Waals surface area contributed by atoms with Crippen LogP contribution in [0.1, 0.15) is 20.3 Å². The molecular formula is C15H23N5O. The minimum Gasteiger partial charge on any atom is -0.476 e. The Morgan fingerprint density at radius 1 is 1.38 bits per heavy atom. The van der Waals surface area contributed by atoms with E-state index in [1.165, 1.54) is 0 Å². The molecule has 6 heteroatoms. The third-order valence-electron chi connectivity index (χ3n) is 2.87. The molecule has 0 saturated heterocycles. The number of pyridine rings is 1. The lowest BCUT2D eigenvalue weighted by molar-refractivity contribution is 0.263. The summed E-state index contributed by atoms with van der Waals surface area (Å²) in [4.78, 5) is 4.40. The predicted octanol–water partition coefficient (Wildman–Crippen LogP) is 2.40. The number of aromatic nitrogens is 3. The molecular weight excluding hydrogens is 266 g/mol. The highest BCUT2D eigenvalue weighted by atomic mass is 16.5. The number of anilines is 2. The Morgan fingerprint density at radius 3 is 2.95 bits per heavy atom. The first kappa shape index (κ1) is 15.2. The second-order valence-electron chi connectivity index (χ2n) is 5.35. The molecule has 0 unspecified atom stereocenters. The van der Waals surface area contributed by atoms with Crippen LogP contribution in [0.25, 0.3) is 0 Å². The van der Waals surface area contributed by atoms with Gasteiger partial charge in [0.1, 0.15) is 5.82 Å². The lowest BCUT2D eigenvalue weighted by Gasteiger charge is -2.12. The van der Waals surface area contributed by atoms with Gasteiger partial charge in [-0.3, -0.25) is 4.68 Å². The first-order valence-corrected chi connectivity index (χ1v) is 7.26. The molecule has 0 fully saturated rings. The van der Waals surface area contributed by atoms with Crippen molar-refractivity contribution in [2.24, 2.45) is 5.92 Å². The van der Waals surface area contributed by atoms with Crippen LogP contribution in [0.4, 0.5) is 11.5 Å². The van der Waals surface area contributed by atoms with Crippen molar-refractivity contribution in [3.63, 3.8) is 0 Å². The minimum absolute atomic E-state index is 0.442. The zero-order valence-corrected chi connectivity index (χ0v) is 12.6. The number of hydrogen-bond acceptors (Lipinski definition) is 5. The summed E-state index contributed by atoms with van der Waals surface area (Å²) in [5.74, 6) is 1.72. The minimum atomic E-state index is 0.442. The molecule has 2 aromatic rings. The second kappa shape index (κ2) is 7.52. The summed E-state index contributed by atoms with van der Waals surface area (Å²) in [5, 5.41) is 7.44. The Kier molecular flexibility index (Phi) is 5.43. The third kappa shape index (κ3) is 4.98. The van der Waals surface area contributed by atoms with E-state index in [-0.39, 0.29) is 0 Å². The molecule has 0 bridgehead atoms. The number of nitrogens with zero attached hydrogens (tertiary/aromatic N) is 3. The highest BCUT2D eigenvalue weighted by Crippen LogP contribution is 2.21. The van der Waals surface area contributed by atoms with Crippen molar-refractivity contribution in [3.05, 3.63) is 30.6 Å². The maximum atomic E-state index is 5.87. The van der Waals surface area contributed by atoms with Gasteiger partial charge < -0.3 is 15.8 Å². The zero-order chi connectivity index (χ0) is 15.1. The number of hydrogen-bond donors (Lipinski definition) is 2. The molecule has 0 aliphatic carbocycles. The van der Waals surface area contributed by atoms with Crippen LogP contribution in [-0.2, 0) is 6.54 Å². The van der Waals surface area contributed by atoms with E-state index in [0.717, 1.165) is 25.3 Å². The summed E-state index contributed by atoms with van der Waals surface area (Å²) in [7, 11) is 0. The molecule has 0 aliphatic rings. The van der Waals surface area contributed by atoms with Crippen LogP contribution in [0.3, 0.4) is 0 Å². The Morgan fingerprint density at radius 2 is 2.24 bits per heavy atom. The molecule has 0 atom stereocenters. The van der Waals surface area contributed by atoms with Crippen LogP contribution in [0.15, 0.2) is 30.6 Å². The van der Waals surface area contributed by atoms with Crippen molar-refractivity contribution in [2.45, 2.75) is 26.8 Å². The van der Waals surface area contributed by atoms with Crippen LogP contribution < -0.4 is 15.8 Å². The van der Waals surface area contributed by atoms with Crippen molar-refractivity contribution in [3.8, 4) is 5.88 Å². The molecule has 2 heterocycles. The molecule has 3 N–H and O–H groups in total. The number of nitrogens with two attached hydrogens (primary N) is 1. The fourth-order valence-electron chi connectivity index (χ4n) is 1.80. The zero-order valence-electron chi connectivity index (χ0n) is 12.6. The molecule has 2 rings (SSSR count). The summed E-state index contributed by atoms with van der Waals surface area (Å²) >= 11 is 0. The monoisotopic (exact) mass is 289 g/mol. The van der Waals surface area contributed by atoms with E-state index in [2.05, 4.69) is 29.2 Å². The fourth-order valence-corrected chi connectivity index (χ4v) is 1.80. The van der Waals surface area contributed by atoms with Gasteiger partial charge in [-0.05, 0) is 30.5 Å². The third-order valence-corrected chi connectivity index (χ3v) is 2.87. The highest BCUT2D eigenvalue weighted by Gasteiger charge is 2.05. The Bertz CT molecular complexity index is 539. The van der Waals surface area contributed by atoms with Gasteiger partial charge in [0, 0.05) is 25.5 Å². The van der Waals surface area contributed by atoms with Crippen molar-refractivity contribution < 1.29 is 4.74 Å². The van der Waals surface area contributed by atoms with Crippen LogP contribution in [0, 0.1) is 5.92 Å². The number of aryl methyl sites for hydroxylation is 1. The predicted molar refractivity (Wildman–Crippen MR) is 84.3 cm³/mol. The van der Waals surface area contributed by atoms with E-state index in [4.69, 9.17) is 10.5 Å². The molecule has 0 amide bonds. The van der Waals surface area contributed by atoms with Crippen LogP contribution >= 0.6 is 0 Å². The maximum absolute atomic E-state index is 5.87. The Hall–Kier alpha value is -2.24. The van der Waals surface area contributed by atoms with Crippen LogP contribution in [-0.4, -0.2) is 27.9 Å². The van der Waals surface area contributed by atoms with Crippen molar-refractivity contribution in [2.75, 3.05) is 24.2 Å². The molecule has 0 spiro atoms. The van der Waals surface area contributed by atoms with Gasteiger partial charge in [-0.15, -0.1) is 0 Å². The molecule has 0 aliphatic heterocycles.